The Balaban J connectivity index is 1.60. The summed E-state index contributed by atoms with van der Waals surface area (Å²) in [5, 5.41) is 0.0833. The molecule has 30 heavy (non-hydrogen) atoms. The third-order valence-electron chi connectivity index (χ3n) is 4.74. The van der Waals surface area contributed by atoms with E-state index in [1.807, 2.05) is 0 Å². The zero-order valence-corrected chi connectivity index (χ0v) is 18.2. The molecule has 0 N–H and O–H groups in total. The summed E-state index contributed by atoms with van der Waals surface area (Å²) in [6.07, 6.45) is 2.63. The van der Waals surface area contributed by atoms with Gasteiger partial charge in [0.1, 0.15) is 29.6 Å². The van der Waals surface area contributed by atoms with Crippen molar-refractivity contribution in [3.63, 3.8) is 0 Å². The van der Waals surface area contributed by atoms with E-state index in [1.165, 1.54) is 22.5 Å². The summed E-state index contributed by atoms with van der Waals surface area (Å²) in [6, 6.07) is 11.2. The highest BCUT2D eigenvalue weighted by molar-refractivity contribution is 7.89. The van der Waals surface area contributed by atoms with Gasteiger partial charge in [-0.1, -0.05) is 18.0 Å². The average molecular weight is 454 g/mol. The Labute approximate surface area is 181 Å². The number of ether oxygens (including phenoxy) is 3. The van der Waals surface area contributed by atoms with Crippen molar-refractivity contribution in [3.05, 3.63) is 53.1 Å². The molecule has 1 aliphatic heterocycles. The quantitative estimate of drug-likeness (QED) is 0.447. The van der Waals surface area contributed by atoms with Crippen LogP contribution in [0.2, 0.25) is 5.02 Å². The van der Waals surface area contributed by atoms with E-state index < -0.39 is 16.0 Å². The number of benzene rings is 2. The molecule has 1 fully saturated rings. The molecule has 0 aliphatic carbocycles. The normalized spacial score (nSPS) is 14.9. The molecule has 0 unspecified atom stereocenters. The molecule has 3 rings (SSSR count). The van der Waals surface area contributed by atoms with Crippen LogP contribution in [-0.4, -0.2) is 52.1 Å². The van der Waals surface area contributed by atoms with Crippen molar-refractivity contribution in [1.29, 1.82) is 0 Å². The first-order chi connectivity index (χ1) is 14.4. The van der Waals surface area contributed by atoms with Crippen molar-refractivity contribution in [2.45, 2.75) is 24.2 Å². The maximum absolute atomic E-state index is 12.9. The van der Waals surface area contributed by atoms with E-state index in [9.17, 15) is 13.2 Å². The second-order valence-electron chi connectivity index (χ2n) is 6.77. The summed E-state index contributed by atoms with van der Waals surface area (Å²) >= 11 is 6.13. The van der Waals surface area contributed by atoms with Gasteiger partial charge in [-0.05, 0) is 55.3 Å². The Morgan fingerprint density at radius 2 is 1.67 bits per heavy atom. The van der Waals surface area contributed by atoms with Gasteiger partial charge in [0, 0.05) is 13.1 Å². The van der Waals surface area contributed by atoms with Crippen molar-refractivity contribution in [3.8, 4) is 11.5 Å². The Kier molecular flexibility index (Phi) is 7.58. The van der Waals surface area contributed by atoms with Gasteiger partial charge in [-0.2, -0.15) is 4.31 Å². The minimum Gasteiger partial charge on any atom is -0.497 e. The average Bonchev–Trinajstić information content (AvgIpc) is 2.77. The number of carbonyl (C=O) groups is 1. The third-order valence-corrected chi connectivity index (χ3v) is 7.12. The molecule has 9 heteroatoms. The molecule has 2 aromatic rings. The van der Waals surface area contributed by atoms with Crippen molar-refractivity contribution in [2.75, 3.05) is 33.4 Å². The fourth-order valence-corrected chi connectivity index (χ4v) is 5.14. The SMILES string of the molecule is COc1ccc(OCCOC(=O)c2ccc(Cl)c(S(=O)(=O)N3CCCCC3)c2)cc1. The Morgan fingerprint density at radius 3 is 2.33 bits per heavy atom. The molecule has 7 nitrogen and oxygen atoms in total. The number of nitrogens with zero attached hydrogens (tertiary/aromatic N) is 1. The summed E-state index contributed by atoms with van der Waals surface area (Å²) in [6.45, 7) is 1.08. The van der Waals surface area contributed by atoms with E-state index in [2.05, 4.69) is 0 Å². The standard InChI is InChI=1S/C21H24ClNO6S/c1-27-17-6-8-18(9-7-17)28-13-14-29-21(24)16-5-10-19(22)20(15-16)30(25,26)23-11-3-2-4-12-23/h5-10,15H,2-4,11-14H2,1H3. The number of hydrogen-bond donors (Lipinski definition) is 0. The van der Waals surface area contributed by atoms with E-state index in [0.717, 1.165) is 19.3 Å². The number of methoxy groups -OCH3 is 1. The van der Waals surface area contributed by atoms with Crippen LogP contribution in [-0.2, 0) is 14.8 Å². The van der Waals surface area contributed by atoms with Crippen LogP contribution in [0.25, 0.3) is 0 Å². The number of rotatable bonds is 8. The lowest BCUT2D eigenvalue weighted by atomic mass is 10.2. The van der Waals surface area contributed by atoms with Crippen molar-refractivity contribution < 1.29 is 27.4 Å². The second kappa shape index (κ2) is 10.1. The molecular formula is C21H24ClNO6S. The molecule has 1 saturated heterocycles. The topological polar surface area (TPSA) is 82.1 Å². The smallest absolute Gasteiger partial charge is 0.338 e. The highest BCUT2D eigenvalue weighted by Gasteiger charge is 2.29. The van der Waals surface area contributed by atoms with Gasteiger partial charge in [-0.15, -0.1) is 0 Å². The Bertz CT molecular complexity index is 971. The number of halogens is 1. The maximum atomic E-state index is 12.9. The summed E-state index contributed by atoms with van der Waals surface area (Å²) in [5.74, 6) is 0.695. The first-order valence-electron chi connectivity index (χ1n) is 9.65. The Hall–Kier alpha value is -2.29. The lowest BCUT2D eigenvalue weighted by molar-refractivity contribution is 0.0450. The minimum absolute atomic E-state index is 0.0156. The molecule has 0 amide bonds. The van der Waals surface area contributed by atoms with Gasteiger partial charge in [-0.25, -0.2) is 13.2 Å². The summed E-state index contributed by atoms with van der Waals surface area (Å²) in [7, 11) is -2.18. The first-order valence-corrected chi connectivity index (χ1v) is 11.5. The molecule has 1 heterocycles. The summed E-state index contributed by atoms with van der Waals surface area (Å²) in [5.41, 5.74) is 0.124. The van der Waals surface area contributed by atoms with E-state index in [1.54, 1.807) is 31.4 Å². The zero-order valence-electron chi connectivity index (χ0n) is 16.7. The highest BCUT2D eigenvalue weighted by Crippen LogP contribution is 2.28. The predicted molar refractivity (Wildman–Crippen MR) is 113 cm³/mol. The number of hydrogen-bond acceptors (Lipinski definition) is 6. The summed E-state index contributed by atoms with van der Waals surface area (Å²) in [4.78, 5) is 12.3. The second-order valence-corrected chi connectivity index (χ2v) is 9.08. The van der Waals surface area contributed by atoms with Gasteiger partial charge in [0.2, 0.25) is 10.0 Å². The van der Waals surface area contributed by atoms with Gasteiger partial charge in [0.15, 0.2) is 0 Å². The molecular weight excluding hydrogens is 430 g/mol. The number of piperidine rings is 1. The highest BCUT2D eigenvalue weighted by atomic mass is 35.5. The van der Waals surface area contributed by atoms with Crippen LogP contribution in [0.1, 0.15) is 29.6 Å². The molecule has 0 saturated carbocycles. The molecule has 0 spiro atoms. The van der Waals surface area contributed by atoms with Crippen LogP contribution in [0.3, 0.4) is 0 Å². The van der Waals surface area contributed by atoms with Gasteiger partial charge in [0.05, 0.1) is 17.7 Å². The first kappa shape index (κ1) is 22.4. The van der Waals surface area contributed by atoms with E-state index in [0.29, 0.717) is 24.6 Å². The van der Waals surface area contributed by atoms with Gasteiger partial charge in [0.25, 0.3) is 0 Å². The predicted octanol–water partition coefficient (Wildman–Crippen LogP) is 3.76. The lowest BCUT2D eigenvalue weighted by Gasteiger charge is -2.26. The largest absolute Gasteiger partial charge is 0.497 e. The molecule has 0 bridgehead atoms. The molecule has 2 aromatic carbocycles. The molecule has 0 atom stereocenters. The van der Waals surface area contributed by atoms with Gasteiger partial charge in [-0.3, -0.25) is 0 Å². The van der Waals surface area contributed by atoms with Crippen LogP contribution in [0.4, 0.5) is 0 Å². The van der Waals surface area contributed by atoms with E-state index in [4.69, 9.17) is 25.8 Å². The fourth-order valence-electron chi connectivity index (χ4n) is 3.12. The van der Waals surface area contributed by atoms with Gasteiger partial charge < -0.3 is 14.2 Å². The summed E-state index contributed by atoms with van der Waals surface area (Å²) < 4.78 is 43.0. The van der Waals surface area contributed by atoms with Crippen molar-refractivity contribution >= 4 is 27.6 Å². The number of carbonyl (C=O) groups excluding carboxylic acids is 1. The molecule has 0 aromatic heterocycles. The number of sulfonamides is 1. The maximum Gasteiger partial charge on any atom is 0.338 e. The number of esters is 1. The van der Waals surface area contributed by atoms with Crippen LogP contribution >= 0.6 is 11.6 Å². The molecule has 1 aliphatic rings. The van der Waals surface area contributed by atoms with Crippen LogP contribution in [0.15, 0.2) is 47.4 Å². The molecule has 162 valence electrons. The van der Waals surface area contributed by atoms with E-state index in [-0.39, 0.29) is 28.7 Å². The van der Waals surface area contributed by atoms with Gasteiger partial charge >= 0.3 is 5.97 Å². The van der Waals surface area contributed by atoms with Crippen LogP contribution in [0, 0.1) is 0 Å². The zero-order chi connectivity index (χ0) is 21.6. The lowest BCUT2D eigenvalue weighted by Crippen LogP contribution is -2.35. The monoisotopic (exact) mass is 453 g/mol. The van der Waals surface area contributed by atoms with Crippen molar-refractivity contribution in [1.82, 2.24) is 4.31 Å². The van der Waals surface area contributed by atoms with Crippen LogP contribution < -0.4 is 9.47 Å². The third kappa shape index (κ3) is 5.44. The Morgan fingerprint density at radius 1 is 1.00 bits per heavy atom. The van der Waals surface area contributed by atoms with Crippen LogP contribution in [0.5, 0.6) is 11.5 Å². The molecule has 0 radical (unpaired) electrons. The fraction of sp³-hybridized carbons (Fsp3) is 0.381. The van der Waals surface area contributed by atoms with Crippen molar-refractivity contribution in [2.24, 2.45) is 0 Å². The minimum atomic E-state index is -3.76. The van der Waals surface area contributed by atoms with E-state index >= 15 is 0 Å².